The average molecular weight is 494 g/mol. The number of hydrogen-bond acceptors (Lipinski definition) is 6. The van der Waals surface area contributed by atoms with Gasteiger partial charge in [-0.15, -0.1) is 5.10 Å². The molecular formula is C27H25F2N3O4. The van der Waals surface area contributed by atoms with Gasteiger partial charge < -0.3 is 9.84 Å². The largest absolute Gasteiger partial charge is 0.507 e. The minimum atomic E-state index is -3.38. The molecule has 0 radical (unpaired) electrons. The van der Waals surface area contributed by atoms with Crippen LogP contribution in [-0.2, 0) is 9.59 Å². The summed E-state index contributed by atoms with van der Waals surface area (Å²) in [4.78, 5) is 27.5. The number of ether oxygens (including phenoxy) is 1. The number of rotatable bonds is 6. The third-order valence-corrected chi connectivity index (χ3v) is 5.82. The summed E-state index contributed by atoms with van der Waals surface area (Å²) in [6.45, 7) is 6.41. The summed E-state index contributed by atoms with van der Waals surface area (Å²) in [6, 6.07) is 14.7. The number of carbonyl (C=O) groups excluding carboxylic acids is 2. The highest BCUT2D eigenvalue weighted by Crippen LogP contribution is 2.42. The number of aromatic nitrogens is 2. The van der Waals surface area contributed by atoms with Crippen molar-refractivity contribution in [2.75, 3.05) is 4.90 Å². The maximum atomic E-state index is 13.3. The third-order valence-electron chi connectivity index (χ3n) is 5.82. The Kier molecular flexibility index (Phi) is 6.58. The fourth-order valence-corrected chi connectivity index (χ4v) is 4.01. The van der Waals surface area contributed by atoms with Crippen molar-refractivity contribution in [3.8, 4) is 5.75 Å². The SMILES string of the molecule is Cc1ccc(N2C(=O)C(=O)/C(=C(\O)c3ccc(C(C)C)cc3)C2c2ccc(OC(C)(F)F)cc2)nn1. The molecule has 2 heterocycles. The van der Waals surface area contributed by atoms with E-state index in [2.05, 4.69) is 14.9 Å². The van der Waals surface area contributed by atoms with Gasteiger partial charge in [0, 0.05) is 12.5 Å². The highest BCUT2D eigenvalue weighted by atomic mass is 19.3. The molecule has 1 amide bonds. The van der Waals surface area contributed by atoms with Crippen LogP contribution in [0.2, 0.25) is 0 Å². The normalized spacial score (nSPS) is 17.6. The first-order chi connectivity index (χ1) is 17.0. The third kappa shape index (κ3) is 4.95. The number of halogens is 2. The summed E-state index contributed by atoms with van der Waals surface area (Å²) in [7, 11) is 0. The van der Waals surface area contributed by atoms with Crippen LogP contribution < -0.4 is 9.64 Å². The van der Waals surface area contributed by atoms with Gasteiger partial charge >= 0.3 is 12.0 Å². The second-order valence-corrected chi connectivity index (χ2v) is 8.96. The topological polar surface area (TPSA) is 92.6 Å². The van der Waals surface area contributed by atoms with Crippen LogP contribution in [0.5, 0.6) is 5.75 Å². The van der Waals surface area contributed by atoms with Crippen molar-refractivity contribution < 1.29 is 28.2 Å². The number of anilines is 1. The minimum absolute atomic E-state index is 0.0948. The van der Waals surface area contributed by atoms with Crippen molar-refractivity contribution >= 4 is 23.3 Å². The van der Waals surface area contributed by atoms with E-state index in [0.29, 0.717) is 23.7 Å². The molecule has 1 atom stereocenters. The fraction of sp³-hybridized carbons (Fsp3) is 0.259. The number of nitrogens with zero attached hydrogens (tertiary/aromatic N) is 3. The molecule has 1 aliphatic heterocycles. The van der Waals surface area contributed by atoms with Gasteiger partial charge in [0.1, 0.15) is 11.5 Å². The van der Waals surface area contributed by atoms with Gasteiger partial charge in [-0.25, -0.2) is 0 Å². The van der Waals surface area contributed by atoms with Crippen LogP contribution in [0, 0.1) is 6.92 Å². The number of carbonyl (C=O) groups is 2. The summed E-state index contributed by atoms with van der Waals surface area (Å²) >= 11 is 0. The van der Waals surface area contributed by atoms with E-state index >= 15 is 0 Å². The molecule has 0 bridgehead atoms. The first-order valence-corrected chi connectivity index (χ1v) is 11.3. The number of amides is 1. The van der Waals surface area contributed by atoms with Gasteiger partial charge in [0.2, 0.25) is 0 Å². The number of aliphatic hydroxyl groups is 1. The summed E-state index contributed by atoms with van der Waals surface area (Å²) in [5, 5.41) is 19.2. The molecule has 1 aromatic heterocycles. The number of alkyl halides is 2. The fourth-order valence-electron chi connectivity index (χ4n) is 4.01. The summed E-state index contributed by atoms with van der Waals surface area (Å²) in [6.07, 6.45) is -3.38. The smallest absolute Gasteiger partial charge is 0.394 e. The first-order valence-electron chi connectivity index (χ1n) is 11.3. The molecule has 2 aromatic carbocycles. The number of aryl methyl sites for hydroxylation is 1. The van der Waals surface area contributed by atoms with Crippen molar-refractivity contribution in [3.05, 3.63) is 88.6 Å². The van der Waals surface area contributed by atoms with Crippen molar-refractivity contribution in [1.29, 1.82) is 0 Å². The lowest BCUT2D eigenvalue weighted by atomic mass is 9.94. The molecule has 1 N–H and O–H groups in total. The van der Waals surface area contributed by atoms with Gasteiger partial charge in [0.25, 0.3) is 5.78 Å². The zero-order valence-corrected chi connectivity index (χ0v) is 20.2. The summed E-state index contributed by atoms with van der Waals surface area (Å²) in [5.41, 5.74) is 2.27. The number of hydrogen-bond donors (Lipinski definition) is 1. The Balaban J connectivity index is 1.85. The molecule has 3 aromatic rings. The van der Waals surface area contributed by atoms with E-state index in [4.69, 9.17) is 0 Å². The van der Waals surface area contributed by atoms with Gasteiger partial charge in [-0.2, -0.15) is 13.9 Å². The zero-order valence-electron chi connectivity index (χ0n) is 20.2. The molecule has 4 rings (SSSR count). The quantitative estimate of drug-likeness (QED) is 0.276. The first kappa shape index (κ1) is 25.0. The van der Waals surface area contributed by atoms with Gasteiger partial charge in [-0.1, -0.05) is 50.2 Å². The monoisotopic (exact) mass is 493 g/mol. The lowest BCUT2D eigenvalue weighted by molar-refractivity contribution is -0.158. The molecule has 186 valence electrons. The molecule has 0 aliphatic carbocycles. The molecule has 1 aliphatic rings. The lowest BCUT2D eigenvalue weighted by Crippen LogP contribution is -2.30. The standard InChI is InChI=1S/C27H25F2N3O4/c1-15(2)17-6-8-19(9-7-17)24(33)22-23(18-10-12-20(13-11-18)36-27(4,28)29)32(26(35)25(22)34)21-14-5-16(3)30-31-21/h5-15,23,33H,1-4H3/b24-22-. The van der Waals surface area contributed by atoms with Crippen LogP contribution in [-0.4, -0.2) is 33.1 Å². The van der Waals surface area contributed by atoms with Crippen LogP contribution in [0.4, 0.5) is 14.6 Å². The number of ketones is 1. The van der Waals surface area contributed by atoms with Gasteiger partial charge in [0.15, 0.2) is 5.82 Å². The Morgan fingerprint density at radius 2 is 1.64 bits per heavy atom. The second kappa shape index (κ2) is 9.49. The molecule has 0 saturated carbocycles. The maximum absolute atomic E-state index is 13.3. The molecule has 1 saturated heterocycles. The van der Waals surface area contributed by atoms with Crippen LogP contribution in [0.25, 0.3) is 5.76 Å². The van der Waals surface area contributed by atoms with Crippen molar-refractivity contribution in [3.63, 3.8) is 0 Å². The predicted molar refractivity (Wildman–Crippen MR) is 130 cm³/mol. The Hall–Kier alpha value is -4.14. The van der Waals surface area contributed by atoms with E-state index in [9.17, 15) is 23.5 Å². The van der Waals surface area contributed by atoms with E-state index in [1.807, 2.05) is 26.0 Å². The maximum Gasteiger partial charge on any atom is 0.394 e. The van der Waals surface area contributed by atoms with Crippen LogP contribution >= 0.6 is 0 Å². The van der Waals surface area contributed by atoms with E-state index in [1.54, 1.807) is 31.2 Å². The molecule has 1 fully saturated rings. The van der Waals surface area contributed by atoms with Gasteiger partial charge in [0.05, 0.1) is 17.3 Å². The molecule has 36 heavy (non-hydrogen) atoms. The number of aliphatic hydroxyl groups excluding tert-OH is 1. The van der Waals surface area contributed by atoms with Crippen molar-refractivity contribution in [2.24, 2.45) is 0 Å². The van der Waals surface area contributed by atoms with E-state index in [1.165, 1.54) is 24.3 Å². The molecule has 0 spiro atoms. The number of benzene rings is 2. The van der Waals surface area contributed by atoms with Gasteiger partial charge in [-0.05, 0) is 48.2 Å². The Morgan fingerprint density at radius 1 is 1.00 bits per heavy atom. The highest BCUT2D eigenvalue weighted by molar-refractivity contribution is 6.51. The van der Waals surface area contributed by atoms with Crippen molar-refractivity contribution in [2.45, 2.75) is 45.8 Å². The van der Waals surface area contributed by atoms with Crippen LogP contribution in [0.1, 0.15) is 55.1 Å². The minimum Gasteiger partial charge on any atom is -0.507 e. The Labute approximate surface area is 207 Å². The van der Waals surface area contributed by atoms with Crippen LogP contribution in [0.15, 0.2) is 66.2 Å². The zero-order chi connectivity index (χ0) is 26.2. The van der Waals surface area contributed by atoms with E-state index in [-0.39, 0.29) is 28.8 Å². The van der Waals surface area contributed by atoms with E-state index in [0.717, 1.165) is 10.5 Å². The summed E-state index contributed by atoms with van der Waals surface area (Å²) < 4.78 is 31.2. The molecular weight excluding hydrogens is 468 g/mol. The second-order valence-electron chi connectivity index (χ2n) is 8.96. The number of Topliss-reactive ketones (excluding diaryl/α,β-unsaturated/α-hetero) is 1. The average Bonchev–Trinajstić information content (AvgIpc) is 3.09. The highest BCUT2D eigenvalue weighted by Gasteiger charge is 2.47. The van der Waals surface area contributed by atoms with Crippen LogP contribution in [0.3, 0.4) is 0 Å². The Morgan fingerprint density at radius 3 is 2.17 bits per heavy atom. The lowest BCUT2D eigenvalue weighted by Gasteiger charge is -2.24. The summed E-state index contributed by atoms with van der Waals surface area (Å²) in [5.74, 6) is -1.85. The van der Waals surface area contributed by atoms with Gasteiger partial charge in [-0.3, -0.25) is 14.5 Å². The molecule has 9 heteroatoms. The van der Waals surface area contributed by atoms with Crippen molar-refractivity contribution in [1.82, 2.24) is 10.2 Å². The Bertz CT molecular complexity index is 1310. The van der Waals surface area contributed by atoms with E-state index < -0.39 is 23.8 Å². The molecule has 7 nitrogen and oxygen atoms in total. The molecule has 1 unspecified atom stereocenters. The predicted octanol–water partition coefficient (Wildman–Crippen LogP) is 5.53.